The molecule has 0 aliphatic heterocycles. The van der Waals surface area contributed by atoms with Crippen molar-refractivity contribution in [3.05, 3.63) is 18.0 Å². The molecule has 1 heterocycles. The van der Waals surface area contributed by atoms with Gasteiger partial charge in [-0.1, -0.05) is 0 Å². The molecular formula is C9H14N2O. The summed E-state index contributed by atoms with van der Waals surface area (Å²) >= 11 is 0. The molecule has 1 aromatic rings. The maximum atomic E-state index is 10.8. The van der Waals surface area contributed by atoms with Gasteiger partial charge in [0.15, 0.2) is 0 Å². The van der Waals surface area contributed by atoms with Crippen molar-refractivity contribution in [1.29, 1.82) is 0 Å². The molecule has 0 amide bonds. The number of ketones is 1. The van der Waals surface area contributed by atoms with Gasteiger partial charge in [0, 0.05) is 12.6 Å². The van der Waals surface area contributed by atoms with Crippen molar-refractivity contribution in [3.63, 3.8) is 0 Å². The van der Waals surface area contributed by atoms with Crippen molar-refractivity contribution in [2.75, 3.05) is 0 Å². The molecule has 0 spiro atoms. The van der Waals surface area contributed by atoms with Crippen LogP contribution in [0.1, 0.15) is 32.0 Å². The van der Waals surface area contributed by atoms with Crippen LogP contribution in [-0.2, 0) is 4.79 Å². The van der Waals surface area contributed by atoms with Crippen molar-refractivity contribution in [2.24, 2.45) is 0 Å². The van der Waals surface area contributed by atoms with Crippen LogP contribution >= 0.6 is 0 Å². The average Bonchev–Trinajstić information content (AvgIpc) is 2.34. The summed E-state index contributed by atoms with van der Waals surface area (Å²) in [7, 11) is 0. The van der Waals surface area contributed by atoms with Crippen LogP contribution in [0.15, 0.2) is 12.3 Å². The number of rotatable bonds is 3. The normalized spacial score (nSPS) is 12.9. The maximum absolute atomic E-state index is 10.8. The Hall–Kier alpha value is -1.12. The average molecular weight is 166 g/mol. The Balaban J connectivity index is 2.64. The predicted octanol–water partition coefficient (Wildman–Crippen LogP) is 1.73. The standard InChI is InChI=1S/C9H14N2O/c1-7-4-5-11(10-7)8(2)6-9(3)12/h4-5,8H,6H2,1-3H3. The van der Waals surface area contributed by atoms with E-state index in [-0.39, 0.29) is 11.8 Å². The first-order valence-corrected chi connectivity index (χ1v) is 4.11. The van der Waals surface area contributed by atoms with E-state index < -0.39 is 0 Å². The number of aryl methyl sites for hydroxylation is 1. The highest BCUT2D eigenvalue weighted by Gasteiger charge is 2.07. The molecule has 0 N–H and O–H groups in total. The second kappa shape index (κ2) is 3.52. The summed E-state index contributed by atoms with van der Waals surface area (Å²) in [5.74, 6) is 0.204. The van der Waals surface area contributed by atoms with E-state index in [9.17, 15) is 4.79 Å². The lowest BCUT2D eigenvalue weighted by Crippen LogP contribution is -2.09. The van der Waals surface area contributed by atoms with E-state index in [4.69, 9.17) is 0 Å². The Kier molecular flexibility index (Phi) is 2.63. The topological polar surface area (TPSA) is 34.9 Å². The third-order valence-electron chi connectivity index (χ3n) is 1.78. The van der Waals surface area contributed by atoms with Crippen LogP contribution in [0.5, 0.6) is 0 Å². The van der Waals surface area contributed by atoms with E-state index in [1.807, 2.05) is 30.8 Å². The molecule has 1 rings (SSSR count). The Morgan fingerprint density at radius 3 is 2.83 bits per heavy atom. The van der Waals surface area contributed by atoms with Gasteiger partial charge in [-0.3, -0.25) is 9.48 Å². The van der Waals surface area contributed by atoms with Crippen LogP contribution < -0.4 is 0 Å². The molecule has 0 aromatic carbocycles. The number of carbonyl (C=O) groups is 1. The molecule has 3 heteroatoms. The molecule has 0 aliphatic carbocycles. The molecule has 0 radical (unpaired) electrons. The van der Waals surface area contributed by atoms with Gasteiger partial charge in [0.1, 0.15) is 5.78 Å². The SMILES string of the molecule is CC(=O)CC(C)n1ccc(C)n1. The minimum atomic E-state index is 0.177. The van der Waals surface area contributed by atoms with Gasteiger partial charge in [-0.2, -0.15) is 5.10 Å². The molecule has 1 unspecified atom stereocenters. The van der Waals surface area contributed by atoms with Crippen LogP contribution in [0.2, 0.25) is 0 Å². The van der Waals surface area contributed by atoms with Crippen LogP contribution in [0, 0.1) is 6.92 Å². The molecule has 1 atom stereocenters. The highest BCUT2D eigenvalue weighted by atomic mass is 16.1. The molecule has 12 heavy (non-hydrogen) atoms. The lowest BCUT2D eigenvalue weighted by molar-refractivity contribution is -0.117. The van der Waals surface area contributed by atoms with Gasteiger partial charge in [0.2, 0.25) is 0 Å². The van der Waals surface area contributed by atoms with Gasteiger partial charge in [-0.25, -0.2) is 0 Å². The Morgan fingerprint density at radius 1 is 1.75 bits per heavy atom. The summed E-state index contributed by atoms with van der Waals surface area (Å²) in [6.45, 7) is 5.54. The minimum Gasteiger partial charge on any atom is -0.300 e. The Labute approximate surface area is 72.4 Å². The summed E-state index contributed by atoms with van der Waals surface area (Å²) < 4.78 is 1.83. The number of carbonyl (C=O) groups excluding carboxylic acids is 1. The quantitative estimate of drug-likeness (QED) is 0.685. The van der Waals surface area contributed by atoms with Gasteiger partial charge in [0.25, 0.3) is 0 Å². The number of hydrogen-bond donors (Lipinski definition) is 0. The second-order valence-electron chi connectivity index (χ2n) is 3.19. The molecule has 0 fully saturated rings. The van der Waals surface area contributed by atoms with Gasteiger partial charge in [0.05, 0.1) is 11.7 Å². The summed E-state index contributed by atoms with van der Waals surface area (Å²) in [4.78, 5) is 10.8. The fourth-order valence-electron chi connectivity index (χ4n) is 1.19. The molecule has 0 saturated carbocycles. The second-order valence-corrected chi connectivity index (χ2v) is 3.19. The smallest absolute Gasteiger partial charge is 0.131 e. The van der Waals surface area contributed by atoms with Gasteiger partial charge < -0.3 is 0 Å². The van der Waals surface area contributed by atoms with E-state index >= 15 is 0 Å². The van der Waals surface area contributed by atoms with Gasteiger partial charge >= 0.3 is 0 Å². The predicted molar refractivity (Wildman–Crippen MR) is 47.0 cm³/mol. The molecule has 3 nitrogen and oxygen atoms in total. The molecule has 0 bridgehead atoms. The van der Waals surface area contributed by atoms with Crippen molar-refractivity contribution in [1.82, 2.24) is 9.78 Å². The van der Waals surface area contributed by atoms with E-state index in [0.29, 0.717) is 6.42 Å². The fourth-order valence-corrected chi connectivity index (χ4v) is 1.19. The summed E-state index contributed by atoms with van der Waals surface area (Å²) in [6.07, 6.45) is 2.46. The third kappa shape index (κ3) is 2.19. The monoisotopic (exact) mass is 166 g/mol. The van der Waals surface area contributed by atoms with Crippen LogP contribution in [0.3, 0.4) is 0 Å². The van der Waals surface area contributed by atoms with E-state index in [1.165, 1.54) is 0 Å². The van der Waals surface area contributed by atoms with E-state index in [1.54, 1.807) is 6.92 Å². The number of aromatic nitrogens is 2. The Bertz CT molecular complexity index is 278. The fraction of sp³-hybridized carbons (Fsp3) is 0.556. The van der Waals surface area contributed by atoms with E-state index in [2.05, 4.69) is 5.10 Å². The zero-order chi connectivity index (χ0) is 9.14. The van der Waals surface area contributed by atoms with Crippen molar-refractivity contribution < 1.29 is 4.79 Å². The van der Waals surface area contributed by atoms with Crippen molar-refractivity contribution in [2.45, 2.75) is 33.2 Å². The number of hydrogen-bond acceptors (Lipinski definition) is 2. The number of Topliss-reactive ketones (excluding diaryl/α,β-unsaturated/α-hetero) is 1. The highest BCUT2D eigenvalue weighted by Crippen LogP contribution is 2.09. The van der Waals surface area contributed by atoms with E-state index in [0.717, 1.165) is 5.69 Å². The molecule has 0 aliphatic rings. The van der Waals surface area contributed by atoms with Crippen molar-refractivity contribution >= 4 is 5.78 Å². The largest absolute Gasteiger partial charge is 0.300 e. The molecule has 0 saturated heterocycles. The third-order valence-corrected chi connectivity index (χ3v) is 1.78. The first-order chi connectivity index (χ1) is 5.59. The van der Waals surface area contributed by atoms with Crippen LogP contribution in [-0.4, -0.2) is 15.6 Å². The highest BCUT2D eigenvalue weighted by molar-refractivity contribution is 5.75. The summed E-state index contributed by atoms with van der Waals surface area (Å²) in [5, 5.41) is 4.23. The lowest BCUT2D eigenvalue weighted by atomic mass is 10.2. The number of nitrogens with zero attached hydrogens (tertiary/aromatic N) is 2. The summed E-state index contributed by atoms with van der Waals surface area (Å²) in [6, 6.07) is 2.12. The lowest BCUT2D eigenvalue weighted by Gasteiger charge is -2.08. The zero-order valence-corrected chi connectivity index (χ0v) is 7.74. The molecule has 1 aromatic heterocycles. The maximum Gasteiger partial charge on any atom is 0.131 e. The van der Waals surface area contributed by atoms with Gasteiger partial charge in [-0.15, -0.1) is 0 Å². The van der Waals surface area contributed by atoms with Crippen LogP contribution in [0.25, 0.3) is 0 Å². The van der Waals surface area contributed by atoms with Crippen molar-refractivity contribution in [3.8, 4) is 0 Å². The van der Waals surface area contributed by atoms with Crippen LogP contribution in [0.4, 0.5) is 0 Å². The first-order valence-electron chi connectivity index (χ1n) is 4.11. The molecule has 66 valence electrons. The molecular weight excluding hydrogens is 152 g/mol. The zero-order valence-electron chi connectivity index (χ0n) is 7.74. The summed E-state index contributed by atoms with van der Waals surface area (Å²) in [5.41, 5.74) is 0.991. The van der Waals surface area contributed by atoms with Gasteiger partial charge in [-0.05, 0) is 26.8 Å². The Morgan fingerprint density at radius 2 is 2.42 bits per heavy atom. The minimum absolute atomic E-state index is 0.177. The first kappa shape index (κ1) is 8.97.